The third-order valence-electron chi connectivity index (χ3n) is 3.91. The first-order chi connectivity index (χ1) is 15.0. The van der Waals surface area contributed by atoms with Gasteiger partial charge < -0.3 is 30.2 Å². The Bertz CT molecular complexity index is 764. The van der Waals surface area contributed by atoms with Crippen molar-refractivity contribution in [1.29, 1.82) is 0 Å². The summed E-state index contributed by atoms with van der Waals surface area (Å²) < 4.78 is 53.0. The van der Waals surface area contributed by atoms with Crippen LogP contribution in [0.2, 0.25) is 0 Å². The fourth-order valence-electron chi connectivity index (χ4n) is 2.54. The number of nitrogens with zero attached hydrogens (tertiary/aromatic N) is 2. The predicted octanol–water partition coefficient (Wildman–Crippen LogP) is 0.685. The first-order valence-corrected chi connectivity index (χ1v) is 9.83. The Hall–Kier alpha value is -1.69. The predicted molar refractivity (Wildman–Crippen MR) is 105 cm³/mol. The van der Waals surface area contributed by atoms with Crippen molar-refractivity contribution in [3.8, 4) is 11.5 Å². The maximum absolute atomic E-state index is 13.3. The molecular weight excluding hydrogens is 480 g/mol. The molecule has 0 spiro atoms. The Kier molecular flexibility index (Phi) is 18.0. The zero-order valence-electron chi connectivity index (χ0n) is 19.1. The number of halogens is 4. The molecule has 33 heavy (non-hydrogen) atoms. The second kappa shape index (κ2) is 17.7. The molecule has 0 saturated carbocycles. The Morgan fingerprint density at radius 2 is 0.939 bits per heavy atom. The molecule has 0 amide bonds. The SMILES string of the molecule is CC[O-].CC[O-].CN(CCN(C)Cc1cc(F)cc(F)c1[O-])Cc1cc(F)cc(F)c1[O-].[Ti+4]. The van der Waals surface area contributed by atoms with Gasteiger partial charge in [-0.2, -0.15) is 0 Å². The number of hydrogen-bond acceptors (Lipinski definition) is 6. The number of benzene rings is 2. The fraction of sp³-hybridized carbons (Fsp3) is 0.455. The smallest absolute Gasteiger partial charge is 0.870 e. The molecule has 0 bridgehead atoms. The summed E-state index contributed by atoms with van der Waals surface area (Å²) in [4.78, 5) is 3.35. The molecule has 11 heteroatoms. The Morgan fingerprint density at radius 3 is 1.21 bits per heavy atom. The van der Waals surface area contributed by atoms with Crippen molar-refractivity contribution in [2.45, 2.75) is 26.9 Å². The van der Waals surface area contributed by atoms with E-state index in [-0.39, 0.29) is 59.1 Å². The normalized spacial score (nSPS) is 10.2. The van der Waals surface area contributed by atoms with E-state index in [1.807, 2.05) is 0 Å². The molecule has 0 heterocycles. The third kappa shape index (κ3) is 13.0. The molecule has 0 unspecified atom stereocenters. The van der Waals surface area contributed by atoms with Crippen molar-refractivity contribution in [2.24, 2.45) is 0 Å². The molecule has 0 N–H and O–H groups in total. The standard InChI is InChI=1S/C18H20F4N2O2.2C2H5O.Ti/c1-23(9-11-5-13(19)7-15(21)17(11)25)3-4-24(2)10-12-6-14(20)8-16(22)18(12)26;2*1-2-3;/h5-8,25-26H,3-4,9-10H2,1-2H3;2*2H2,1H3;/q;2*-1;+4/p-2. The van der Waals surface area contributed by atoms with Gasteiger partial charge in [0.15, 0.2) is 0 Å². The molecule has 182 valence electrons. The summed E-state index contributed by atoms with van der Waals surface area (Å²) in [6.07, 6.45) is 0. The summed E-state index contributed by atoms with van der Waals surface area (Å²) in [7, 11) is 3.33. The minimum atomic E-state index is -1.14. The summed E-state index contributed by atoms with van der Waals surface area (Å²) in [5.74, 6) is -5.61. The van der Waals surface area contributed by atoms with E-state index in [9.17, 15) is 27.8 Å². The number of rotatable bonds is 7. The van der Waals surface area contributed by atoms with Crippen molar-refractivity contribution in [2.75, 3.05) is 40.4 Å². The minimum Gasteiger partial charge on any atom is -0.870 e. The van der Waals surface area contributed by atoms with Crippen molar-refractivity contribution < 1.29 is 59.7 Å². The summed E-state index contributed by atoms with van der Waals surface area (Å²) >= 11 is 0. The van der Waals surface area contributed by atoms with E-state index in [4.69, 9.17) is 10.2 Å². The second-order valence-electron chi connectivity index (χ2n) is 6.80. The van der Waals surface area contributed by atoms with Gasteiger partial charge in [0.1, 0.15) is 23.3 Å². The van der Waals surface area contributed by atoms with Crippen LogP contribution >= 0.6 is 0 Å². The van der Waals surface area contributed by atoms with Crippen molar-refractivity contribution >= 4 is 0 Å². The molecule has 6 nitrogen and oxygen atoms in total. The monoisotopic (exact) mass is 508 g/mol. The molecular formula is C22H28F4N2O4Ti. The molecule has 0 aromatic heterocycles. The summed E-state index contributed by atoms with van der Waals surface area (Å²) in [5.41, 5.74) is 0.00315. The second-order valence-corrected chi connectivity index (χ2v) is 6.80. The third-order valence-corrected chi connectivity index (χ3v) is 3.91. The molecule has 0 atom stereocenters. The molecule has 0 fully saturated rings. The molecule has 0 saturated heterocycles. The molecule has 0 aliphatic heterocycles. The number of hydrogen-bond donors (Lipinski definition) is 0. The van der Waals surface area contributed by atoms with E-state index in [1.54, 1.807) is 37.7 Å². The molecule has 2 aromatic rings. The summed E-state index contributed by atoms with van der Waals surface area (Å²) in [6.45, 7) is 4.03. The van der Waals surface area contributed by atoms with Crippen LogP contribution in [0.25, 0.3) is 0 Å². The van der Waals surface area contributed by atoms with Crippen LogP contribution in [-0.4, -0.2) is 50.2 Å². The molecule has 0 aliphatic rings. The van der Waals surface area contributed by atoms with Crippen LogP contribution in [0.3, 0.4) is 0 Å². The topological polar surface area (TPSA) is 98.7 Å². The van der Waals surface area contributed by atoms with Crippen LogP contribution in [0.1, 0.15) is 25.0 Å². The van der Waals surface area contributed by atoms with Crippen LogP contribution in [0.4, 0.5) is 17.6 Å². The average molecular weight is 508 g/mol. The maximum Gasteiger partial charge on any atom is 4.00 e. The van der Waals surface area contributed by atoms with E-state index < -0.39 is 34.8 Å². The van der Waals surface area contributed by atoms with Crippen molar-refractivity contribution in [3.63, 3.8) is 0 Å². The molecule has 0 aliphatic carbocycles. The first-order valence-electron chi connectivity index (χ1n) is 9.83. The van der Waals surface area contributed by atoms with Gasteiger partial charge in [0, 0.05) is 38.3 Å². The average Bonchev–Trinajstić information content (AvgIpc) is 2.69. The Morgan fingerprint density at radius 1 is 0.667 bits per heavy atom. The van der Waals surface area contributed by atoms with Gasteiger partial charge in [-0.1, -0.05) is 25.3 Å². The van der Waals surface area contributed by atoms with E-state index in [2.05, 4.69) is 0 Å². The summed E-state index contributed by atoms with van der Waals surface area (Å²) in [5, 5.41) is 41.2. The number of likely N-dealkylation sites (N-methyl/N-ethyl adjacent to an activating group) is 2. The Balaban J connectivity index is 0. The van der Waals surface area contributed by atoms with E-state index >= 15 is 0 Å². The first kappa shape index (κ1) is 33.5. The van der Waals surface area contributed by atoms with Gasteiger partial charge >= 0.3 is 21.7 Å². The van der Waals surface area contributed by atoms with Gasteiger partial charge in [0.25, 0.3) is 0 Å². The van der Waals surface area contributed by atoms with Gasteiger partial charge in [-0.05, 0) is 37.4 Å². The molecule has 2 rings (SSSR count). The maximum atomic E-state index is 13.3. The van der Waals surface area contributed by atoms with Crippen LogP contribution in [-0.2, 0) is 34.8 Å². The van der Waals surface area contributed by atoms with Gasteiger partial charge in [0.05, 0.1) is 0 Å². The van der Waals surface area contributed by atoms with E-state index in [1.165, 1.54) is 0 Å². The zero-order valence-corrected chi connectivity index (χ0v) is 20.7. The van der Waals surface area contributed by atoms with Crippen LogP contribution in [0.5, 0.6) is 11.5 Å². The largest absolute Gasteiger partial charge is 4.00 e. The van der Waals surface area contributed by atoms with Crippen molar-refractivity contribution in [3.05, 3.63) is 58.7 Å². The van der Waals surface area contributed by atoms with Gasteiger partial charge in [0.2, 0.25) is 0 Å². The zero-order chi connectivity index (χ0) is 24.8. The molecule has 0 radical (unpaired) electrons. The van der Waals surface area contributed by atoms with Gasteiger partial charge in [-0.15, -0.1) is 13.2 Å². The summed E-state index contributed by atoms with van der Waals surface area (Å²) in [6, 6.07) is 3.06. The van der Waals surface area contributed by atoms with Crippen LogP contribution in [0.15, 0.2) is 24.3 Å². The van der Waals surface area contributed by atoms with E-state index in [0.717, 1.165) is 12.1 Å². The van der Waals surface area contributed by atoms with Gasteiger partial charge in [-0.3, -0.25) is 0 Å². The van der Waals surface area contributed by atoms with Crippen molar-refractivity contribution in [1.82, 2.24) is 9.80 Å². The fourth-order valence-corrected chi connectivity index (χ4v) is 2.54. The quantitative estimate of drug-likeness (QED) is 0.403. The van der Waals surface area contributed by atoms with E-state index in [0.29, 0.717) is 25.2 Å². The Labute approximate surface area is 207 Å². The van der Waals surface area contributed by atoms with Crippen LogP contribution < -0.4 is 20.4 Å². The molecule has 2 aromatic carbocycles. The van der Waals surface area contributed by atoms with Gasteiger partial charge in [-0.25, -0.2) is 17.6 Å². The van der Waals surface area contributed by atoms with Crippen LogP contribution in [0, 0.1) is 23.3 Å². The minimum absolute atomic E-state index is 0.